The van der Waals surface area contributed by atoms with E-state index in [9.17, 15) is 4.79 Å². The lowest BCUT2D eigenvalue weighted by molar-refractivity contribution is 0.0636. The highest BCUT2D eigenvalue weighted by molar-refractivity contribution is 5.89. The molecule has 0 spiro atoms. The Morgan fingerprint density at radius 2 is 1.82 bits per heavy atom. The Kier molecular flexibility index (Phi) is 4.75. The van der Waals surface area contributed by atoms with Crippen LogP contribution in [0, 0.1) is 0 Å². The molecule has 0 radical (unpaired) electrons. The second-order valence-electron chi connectivity index (χ2n) is 6.05. The van der Waals surface area contributed by atoms with Crippen molar-refractivity contribution in [3.05, 3.63) is 48.4 Å². The number of carbonyl (C=O) groups is 1. The summed E-state index contributed by atoms with van der Waals surface area (Å²) in [6.45, 7) is 7.48. The molecule has 1 heterocycles. The van der Waals surface area contributed by atoms with Gasteiger partial charge in [0.25, 0.3) is 0 Å². The van der Waals surface area contributed by atoms with Crippen LogP contribution in [0.15, 0.2) is 47.1 Å². The van der Waals surface area contributed by atoms with Crippen molar-refractivity contribution in [2.24, 2.45) is 0 Å². The number of hydrogen-bond acceptors (Lipinski definition) is 4. The van der Waals surface area contributed by atoms with Gasteiger partial charge in [-0.05, 0) is 52.0 Å². The zero-order valence-corrected chi connectivity index (χ0v) is 13.3. The number of benzene rings is 1. The minimum Gasteiger partial charge on any atom is -0.467 e. The lowest BCUT2D eigenvalue weighted by Crippen LogP contribution is -2.27. The van der Waals surface area contributed by atoms with Crippen LogP contribution in [0.2, 0.25) is 0 Å². The molecule has 2 rings (SSSR count). The van der Waals surface area contributed by atoms with E-state index in [0.717, 1.165) is 11.4 Å². The third-order valence-electron chi connectivity index (χ3n) is 2.90. The Balaban J connectivity index is 2.08. The van der Waals surface area contributed by atoms with E-state index in [2.05, 4.69) is 10.6 Å². The predicted octanol–water partition coefficient (Wildman–Crippen LogP) is 4.80. The Bertz CT molecular complexity index is 615. The summed E-state index contributed by atoms with van der Waals surface area (Å²) in [6, 6.07) is 11.2. The molecule has 1 amide bonds. The van der Waals surface area contributed by atoms with Crippen LogP contribution in [0.1, 0.15) is 39.5 Å². The number of hydrogen-bond donors (Lipinski definition) is 2. The van der Waals surface area contributed by atoms with Crippen molar-refractivity contribution in [1.82, 2.24) is 0 Å². The molecule has 5 nitrogen and oxygen atoms in total. The van der Waals surface area contributed by atoms with Crippen LogP contribution in [0.5, 0.6) is 0 Å². The zero-order chi connectivity index (χ0) is 16.2. The molecule has 0 fully saturated rings. The van der Waals surface area contributed by atoms with Gasteiger partial charge in [-0.1, -0.05) is 12.1 Å². The Hall–Kier alpha value is -2.43. The van der Waals surface area contributed by atoms with Gasteiger partial charge < -0.3 is 14.5 Å². The van der Waals surface area contributed by atoms with E-state index in [-0.39, 0.29) is 6.04 Å². The maximum absolute atomic E-state index is 11.9. The number of nitrogens with one attached hydrogen (secondary N) is 2. The summed E-state index contributed by atoms with van der Waals surface area (Å²) in [5.74, 6) is 0.826. The third kappa shape index (κ3) is 4.55. The molecule has 22 heavy (non-hydrogen) atoms. The van der Waals surface area contributed by atoms with E-state index in [1.807, 2.05) is 64.1 Å². The lowest BCUT2D eigenvalue weighted by Gasteiger charge is -2.21. The summed E-state index contributed by atoms with van der Waals surface area (Å²) in [7, 11) is 0. The van der Waals surface area contributed by atoms with Gasteiger partial charge in [-0.2, -0.15) is 0 Å². The molecule has 1 aromatic carbocycles. The highest BCUT2D eigenvalue weighted by Gasteiger charge is 2.17. The van der Waals surface area contributed by atoms with Gasteiger partial charge in [-0.25, -0.2) is 4.79 Å². The standard InChI is InChI=1S/C17H22N2O3/c1-12(15-10-7-11-21-15)18-13-8-5-6-9-14(13)19-16(20)22-17(2,3)4/h5-12,18H,1-4H3,(H,19,20). The number of rotatable bonds is 4. The number of amides is 1. The summed E-state index contributed by atoms with van der Waals surface area (Å²) in [5.41, 5.74) is 0.931. The summed E-state index contributed by atoms with van der Waals surface area (Å²) < 4.78 is 10.7. The van der Waals surface area contributed by atoms with Crippen molar-refractivity contribution >= 4 is 17.5 Å². The van der Waals surface area contributed by atoms with Gasteiger partial charge in [-0.15, -0.1) is 0 Å². The van der Waals surface area contributed by atoms with Crippen molar-refractivity contribution in [2.75, 3.05) is 10.6 Å². The fraction of sp³-hybridized carbons (Fsp3) is 0.353. The monoisotopic (exact) mass is 302 g/mol. The number of para-hydroxylation sites is 2. The molecule has 0 bridgehead atoms. The van der Waals surface area contributed by atoms with Gasteiger partial charge in [0.2, 0.25) is 0 Å². The molecule has 1 unspecified atom stereocenters. The fourth-order valence-electron chi connectivity index (χ4n) is 1.97. The van der Waals surface area contributed by atoms with E-state index < -0.39 is 11.7 Å². The van der Waals surface area contributed by atoms with Crippen LogP contribution < -0.4 is 10.6 Å². The molecule has 2 N–H and O–H groups in total. The summed E-state index contributed by atoms with van der Waals surface area (Å²) in [6.07, 6.45) is 1.16. The Morgan fingerprint density at radius 1 is 1.14 bits per heavy atom. The molecule has 0 aliphatic carbocycles. The average Bonchev–Trinajstić information content (AvgIpc) is 2.92. The summed E-state index contributed by atoms with van der Waals surface area (Å²) in [5, 5.41) is 6.08. The smallest absolute Gasteiger partial charge is 0.412 e. The highest BCUT2D eigenvalue weighted by Crippen LogP contribution is 2.26. The lowest BCUT2D eigenvalue weighted by atomic mass is 10.2. The van der Waals surface area contributed by atoms with E-state index >= 15 is 0 Å². The van der Waals surface area contributed by atoms with Crippen molar-refractivity contribution in [1.29, 1.82) is 0 Å². The molecule has 0 saturated carbocycles. The van der Waals surface area contributed by atoms with Gasteiger partial charge >= 0.3 is 6.09 Å². The number of furan rings is 1. The first-order chi connectivity index (χ1) is 10.3. The minimum atomic E-state index is -0.534. The molecular formula is C17H22N2O3. The second-order valence-corrected chi connectivity index (χ2v) is 6.05. The maximum Gasteiger partial charge on any atom is 0.412 e. The first kappa shape index (κ1) is 15.9. The van der Waals surface area contributed by atoms with Crippen molar-refractivity contribution in [3.8, 4) is 0 Å². The number of carbonyl (C=O) groups excluding carboxylic acids is 1. The van der Waals surface area contributed by atoms with Gasteiger partial charge in [0.05, 0.1) is 23.7 Å². The third-order valence-corrected chi connectivity index (χ3v) is 2.90. The number of ether oxygens (including phenoxy) is 1. The van der Waals surface area contributed by atoms with Gasteiger partial charge in [0, 0.05) is 0 Å². The van der Waals surface area contributed by atoms with E-state index in [1.54, 1.807) is 6.26 Å². The minimum absolute atomic E-state index is 0.0170. The molecule has 1 aromatic heterocycles. The van der Waals surface area contributed by atoms with Crippen LogP contribution >= 0.6 is 0 Å². The normalized spacial score (nSPS) is 12.5. The van der Waals surface area contributed by atoms with Crippen LogP contribution in [0.3, 0.4) is 0 Å². The van der Waals surface area contributed by atoms with Crippen molar-refractivity contribution < 1.29 is 13.9 Å². The van der Waals surface area contributed by atoms with Gasteiger partial charge in [0.15, 0.2) is 0 Å². The van der Waals surface area contributed by atoms with Crippen LogP contribution in [-0.4, -0.2) is 11.7 Å². The van der Waals surface area contributed by atoms with E-state index in [4.69, 9.17) is 9.15 Å². The number of anilines is 2. The largest absolute Gasteiger partial charge is 0.467 e. The molecule has 118 valence electrons. The zero-order valence-electron chi connectivity index (χ0n) is 13.3. The summed E-state index contributed by atoms with van der Waals surface area (Å²) >= 11 is 0. The summed E-state index contributed by atoms with van der Waals surface area (Å²) in [4.78, 5) is 11.9. The Morgan fingerprint density at radius 3 is 2.41 bits per heavy atom. The Labute approximate surface area is 130 Å². The maximum atomic E-state index is 11.9. The molecule has 5 heteroatoms. The molecule has 0 saturated heterocycles. The molecule has 1 atom stereocenters. The van der Waals surface area contributed by atoms with E-state index in [1.165, 1.54) is 0 Å². The fourth-order valence-corrected chi connectivity index (χ4v) is 1.97. The SMILES string of the molecule is CC(Nc1ccccc1NC(=O)OC(C)(C)C)c1ccco1. The molecule has 0 aliphatic rings. The van der Waals surface area contributed by atoms with Crippen molar-refractivity contribution in [2.45, 2.75) is 39.3 Å². The topological polar surface area (TPSA) is 63.5 Å². The molecule has 2 aromatic rings. The van der Waals surface area contributed by atoms with Crippen LogP contribution in [0.25, 0.3) is 0 Å². The highest BCUT2D eigenvalue weighted by atomic mass is 16.6. The van der Waals surface area contributed by atoms with Gasteiger partial charge in [-0.3, -0.25) is 5.32 Å². The van der Waals surface area contributed by atoms with Crippen LogP contribution in [0.4, 0.5) is 16.2 Å². The predicted molar refractivity (Wildman–Crippen MR) is 87.0 cm³/mol. The first-order valence-corrected chi connectivity index (χ1v) is 7.24. The first-order valence-electron chi connectivity index (χ1n) is 7.24. The molecule has 0 aliphatic heterocycles. The molecular weight excluding hydrogens is 280 g/mol. The van der Waals surface area contributed by atoms with Crippen LogP contribution in [-0.2, 0) is 4.74 Å². The van der Waals surface area contributed by atoms with E-state index in [0.29, 0.717) is 5.69 Å². The van der Waals surface area contributed by atoms with Gasteiger partial charge in [0.1, 0.15) is 11.4 Å². The second kappa shape index (κ2) is 6.56. The quantitative estimate of drug-likeness (QED) is 0.851. The van der Waals surface area contributed by atoms with Crippen molar-refractivity contribution in [3.63, 3.8) is 0 Å². The average molecular weight is 302 g/mol.